The summed E-state index contributed by atoms with van der Waals surface area (Å²) in [7, 11) is 3.87. The van der Waals surface area contributed by atoms with Gasteiger partial charge in [-0.3, -0.25) is 4.99 Å². The topological polar surface area (TPSA) is 93.1 Å². The summed E-state index contributed by atoms with van der Waals surface area (Å²) >= 11 is 0. The summed E-state index contributed by atoms with van der Waals surface area (Å²) < 4.78 is 18.3. The normalized spacial score (nSPS) is 17.3. The van der Waals surface area contributed by atoms with Gasteiger partial charge in [0, 0.05) is 23.7 Å². The number of anilines is 2. The number of piperidine rings is 1. The number of ether oxygens (including phenoxy) is 3. The molecule has 0 radical (unpaired) electrons. The fourth-order valence-electron chi connectivity index (χ4n) is 5.08. The van der Waals surface area contributed by atoms with E-state index in [0.29, 0.717) is 56.2 Å². The van der Waals surface area contributed by atoms with Gasteiger partial charge in [-0.2, -0.15) is 0 Å². The number of aryl methyl sites for hydroxylation is 2. The molecule has 38 heavy (non-hydrogen) atoms. The number of hydrogen-bond acceptors (Lipinski definition) is 9. The zero-order valence-corrected chi connectivity index (χ0v) is 22.8. The highest BCUT2D eigenvalue weighted by Gasteiger charge is 2.23. The standard InChI is InChI=1S/C29H38N6O3/c1-19-5-6-20(2)23(15-19)33-29-30-10-14-37-13-9-22-26-24(31-18-32-28(26)34-29)16-25(27(22)36-4)38-17-21-7-11-35(3)12-8-21/h5-6,15-16,18,21H,7-14,17H2,1-4H3,(H2,30,31,32,33,34). The third-order valence-electron chi connectivity index (χ3n) is 7.35. The van der Waals surface area contributed by atoms with Crippen LogP contribution in [0.15, 0.2) is 35.6 Å². The summed E-state index contributed by atoms with van der Waals surface area (Å²) in [5, 5.41) is 7.79. The van der Waals surface area contributed by atoms with Gasteiger partial charge in [0.25, 0.3) is 0 Å². The van der Waals surface area contributed by atoms with Crippen molar-refractivity contribution >= 4 is 28.4 Å². The second kappa shape index (κ2) is 12.0. The number of rotatable bonds is 5. The highest BCUT2D eigenvalue weighted by molar-refractivity contribution is 6.08. The van der Waals surface area contributed by atoms with Gasteiger partial charge in [0.2, 0.25) is 5.96 Å². The number of aliphatic imine (C=N–C) groups is 1. The number of hydrogen-bond donors (Lipinski definition) is 2. The Kier molecular flexibility index (Phi) is 8.24. The van der Waals surface area contributed by atoms with E-state index in [1.54, 1.807) is 13.4 Å². The van der Waals surface area contributed by atoms with Crippen molar-refractivity contribution in [3.05, 3.63) is 47.3 Å². The van der Waals surface area contributed by atoms with Gasteiger partial charge in [0.15, 0.2) is 11.5 Å². The third-order valence-corrected chi connectivity index (χ3v) is 7.35. The van der Waals surface area contributed by atoms with Crippen molar-refractivity contribution in [3.8, 4) is 11.5 Å². The van der Waals surface area contributed by atoms with Crippen molar-refractivity contribution < 1.29 is 14.2 Å². The number of benzene rings is 2. The average molecular weight is 519 g/mol. The lowest BCUT2D eigenvalue weighted by Gasteiger charge is -2.29. The Morgan fingerprint density at radius 3 is 2.79 bits per heavy atom. The second-order valence-corrected chi connectivity index (χ2v) is 10.2. The molecule has 1 fully saturated rings. The molecule has 202 valence electrons. The van der Waals surface area contributed by atoms with Crippen LogP contribution in [0.2, 0.25) is 0 Å². The molecule has 2 aliphatic heterocycles. The lowest BCUT2D eigenvalue weighted by Crippen LogP contribution is -2.32. The minimum atomic E-state index is 0.513. The molecule has 1 aromatic heterocycles. The fourth-order valence-corrected chi connectivity index (χ4v) is 5.08. The summed E-state index contributed by atoms with van der Waals surface area (Å²) in [6, 6.07) is 8.28. The predicted molar refractivity (Wildman–Crippen MR) is 152 cm³/mol. The van der Waals surface area contributed by atoms with Crippen LogP contribution in [0.4, 0.5) is 11.5 Å². The largest absolute Gasteiger partial charge is 0.493 e. The monoisotopic (exact) mass is 518 g/mol. The number of nitrogens with zero attached hydrogens (tertiary/aromatic N) is 4. The minimum absolute atomic E-state index is 0.513. The van der Waals surface area contributed by atoms with Crippen LogP contribution in [-0.2, 0) is 11.2 Å². The van der Waals surface area contributed by atoms with Crippen LogP contribution < -0.4 is 20.1 Å². The smallest absolute Gasteiger partial charge is 0.201 e. The highest BCUT2D eigenvalue weighted by atomic mass is 16.5. The van der Waals surface area contributed by atoms with Crippen molar-refractivity contribution in [2.75, 3.05) is 64.2 Å². The van der Waals surface area contributed by atoms with E-state index in [4.69, 9.17) is 19.2 Å². The Bertz CT molecular complexity index is 1300. The Morgan fingerprint density at radius 2 is 1.97 bits per heavy atom. The molecule has 0 bridgehead atoms. The Morgan fingerprint density at radius 1 is 1.13 bits per heavy atom. The van der Waals surface area contributed by atoms with Gasteiger partial charge < -0.3 is 29.7 Å². The first-order valence-electron chi connectivity index (χ1n) is 13.4. The van der Waals surface area contributed by atoms with Crippen LogP contribution in [-0.4, -0.2) is 74.4 Å². The Labute approximate surface area is 224 Å². The van der Waals surface area contributed by atoms with Gasteiger partial charge in [-0.05, 0) is 69.9 Å². The number of likely N-dealkylation sites (tertiary alicyclic amines) is 1. The van der Waals surface area contributed by atoms with Gasteiger partial charge >= 0.3 is 0 Å². The zero-order valence-electron chi connectivity index (χ0n) is 22.8. The molecule has 0 atom stereocenters. The summed E-state index contributed by atoms with van der Waals surface area (Å²) in [6.07, 6.45) is 4.50. The number of nitrogens with one attached hydrogen (secondary N) is 2. The molecule has 0 saturated carbocycles. The number of guanidine groups is 1. The fraction of sp³-hybridized carbons (Fsp3) is 0.483. The van der Waals surface area contributed by atoms with Crippen LogP contribution in [0.3, 0.4) is 0 Å². The van der Waals surface area contributed by atoms with Crippen LogP contribution in [0.1, 0.15) is 29.5 Å². The molecule has 0 spiro atoms. The second-order valence-electron chi connectivity index (χ2n) is 10.2. The van der Waals surface area contributed by atoms with E-state index in [-0.39, 0.29) is 0 Å². The molecular weight excluding hydrogens is 480 g/mol. The van der Waals surface area contributed by atoms with Gasteiger partial charge in [0.1, 0.15) is 12.1 Å². The number of aromatic nitrogens is 2. The first kappa shape index (κ1) is 26.2. The van der Waals surface area contributed by atoms with Crippen LogP contribution in [0.25, 0.3) is 10.9 Å². The van der Waals surface area contributed by atoms with Gasteiger partial charge in [-0.15, -0.1) is 0 Å². The maximum absolute atomic E-state index is 6.39. The highest BCUT2D eigenvalue weighted by Crippen LogP contribution is 2.40. The van der Waals surface area contributed by atoms with Gasteiger partial charge in [-0.25, -0.2) is 9.97 Å². The van der Waals surface area contributed by atoms with E-state index in [1.165, 1.54) is 5.56 Å². The maximum atomic E-state index is 6.39. The first-order valence-corrected chi connectivity index (χ1v) is 13.4. The molecule has 2 N–H and O–H groups in total. The summed E-state index contributed by atoms with van der Waals surface area (Å²) in [5.74, 6) is 3.24. The molecule has 0 aliphatic carbocycles. The zero-order chi connectivity index (χ0) is 26.5. The SMILES string of the molecule is COc1c(OCC2CCN(C)CC2)cc2ncnc3c2c1CCOCCN=C(Nc1cc(C)ccc1C)N3. The molecule has 9 heteroatoms. The van der Waals surface area contributed by atoms with E-state index < -0.39 is 0 Å². The summed E-state index contributed by atoms with van der Waals surface area (Å²) in [4.78, 5) is 16.4. The van der Waals surface area contributed by atoms with E-state index in [1.807, 2.05) is 6.07 Å². The third kappa shape index (κ3) is 6.00. The lowest BCUT2D eigenvalue weighted by atomic mass is 9.98. The molecule has 9 nitrogen and oxygen atoms in total. The quantitative estimate of drug-likeness (QED) is 0.513. The van der Waals surface area contributed by atoms with E-state index >= 15 is 0 Å². The molecule has 2 aliphatic rings. The minimum Gasteiger partial charge on any atom is -0.493 e. The van der Waals surface area contributed by atoms with Gasteiger partial charge in [-0.1, -0.05) is 12.1 Å². The molecule has 3 heterocycles. The van der Waals surface area contributed by atoms with Crippen LogP contribution >= 0.6 is 0 Å². The van der Waals surface area contributed by atoms with E-state index in [0.717, 1.165) is 59.4 Å². The molecule has 1 saturated heterocycles. The van der Waals surface area contributed by atoms with Crippen molar-refractivity contribution in [1.29, 1.82) is 0 Å². The molecular formula is C29H38N6O3. The molecule has 0 amide bonds. The molecule has 3 aromatic rings. The lowest BCUT2D eigenvalue weighted by molar-refractivity contribution is 0.144. The van der Waals surface area contributed by atoms with Crippen molar-refractivity contribution in [2.45, 2.75) is 33.1 Å². The van der Waals surface area contributed by atoms with Crippen LogP contribution in [0, 0.1) is 19.8 Å². The molecule has 2 aromatic carbocycles. The van der Waals surface area contributed by atoms with Crippen LogP contribution in [0.5, 0.6) is 11.5 Å². The molecule has 5 rings (SSSR count). The van der Waals surface area contributed by atoms with Crippen molar-refractivity contribution in [3.63, 3.8) is 0 Å². The predicted octanol–water partition coefficient (Wildman–Crippen LogP) is 4.43. The van der Waals surface area contributed by atoms with E-state index in [2.05, 4.69) is 64.6 Å². The Hall–Kier alpha value is -3.43. The molecule has 0 unspecified atom stereocenters. The van der Waals surface area contributed by atoms with Crippen molar-refractivity contribution in [1.82, 2.24) is 14.9 Å². The summed E-state index contributed by atoms with van der Waals surface area (Å²) in [6.45, 7) is 8.60. The maximum Gasteiger partial charge on any atom is 0.201 e. The number of methoxy groups -OCH3 is 1. The van der Waals surface area contributed by atoms with Crippen molar-refractivity contribution in [2.24, 2.45) is 10.9 Å². The summed E-state index contributed by atoms with van der Waals surface area (Å²) in [5.41, 5.74) is 5.06. The Balaban J connectivity index is 1.49. The van der Waals surface area contributed by atoms with Gasteiger partial charge in [0.05, 0.1) is 44.4 Å². The first-order chi connectivity index (χ1) is 18.5. The van der Waals surface area contributed by atoms with E-state index in [9.17, 15) is 0 Å². The average Bonchev–Trinajstić information content (AvgIpc) is 2.95.